The number of rotatable bonds is 4. The fraction of sp³-hybridized carbons (Fsp3) is 0.308. The molecule has 0 aliphatic carbocycles. The van der Waals surface area contributed by atoms with Crippen LogP contribution in [0.2, 0.25) is 0 Å². The number of nitrogens with one attached hydrogen (secondary N) is 1. The van der Waals surface area contributed by atoms with Crippen LogP contribution in [0.1, 0.15) is 18.2 Å². The highest BCUT2D eigenvalue weighted by molar-refractivity contribution is 5.36. The Labute approximate surface area is 104 Å². The monoisotopic (exact) mass is 251 g/mol. The van der Waals surface area contributed by atoms with Crippen molar-refractivity contribution in [3.8, 4) is 5.69 Å². The molecule has 0 unspecified atom stereocenters. The molecule has 2 aromatic rings. The van der Waals surface area contributed by atoms with Gasteiger partial charge in [-0.1, -0.05) is 6.92 Å². The lowest BCUT2D eigenvalue weighted by atomic mass is 10.2. The molecule has 1 N–H and O–H groups in total. The Morgan fingerprint density at radius 3 is 2.78 bits per heavy atom. The van der Waals surface area contributed by atoms with Crippen LogP contribution >= 0.6 is 0 Å². The summed E-state index contributed by atoms with van der Waals surface area (Å²) in [6, 6.07) is 4.12. The molecule has 0 aliphatic rings. The standard InChI is InChI=1S/C13H15F2N3/c1-3-16-8-10-4-5-18(17-10)13-7-11(14)9(2)6-12(13)15/h4-7,16H,3,8H2,1-2H3. The van der Waals surface area contributed by atoms with Crippen molar-refractivity contribution in [2.24, 2.45) is 0 Å². The maximum Gasteiger partial charge on any atom is 0.149 e. The van der Waals surface area contributed by atoms with E-state index in [9.17, 15) is 8.78 Å². The second-order valence-electron chi connectivity index (χ2n) is 4.08. The lowest BCUT2D eigenvalue weighted by Gasteiger charge is -2.05. The van der Waals surface area contributed by atoms with Crippen LogP contribution in [0.25, 0.3) is 5.69 Å². The Bertz CT molecular complexity index is 549. The van der Waals surface area contributed by atoms with E-state index in [1.54, 1.807) is 12.3 Å². The predicted octanol–water partition coefficient (Wildman–Crippen LogP) is 2.57. The van der Waals surface area contributed by atoms with Crippen LogP contribution in [-0.4, -0.2) is 16.3 Å². The van der Waals surface area contributed by atoms with Crippen molar-refractivity contribution in [3.63, 3.8) is 0 Å². The van der Waals surface area contributed by atoms with Crippen LogP contribution in [0.4, 0.5) is 8.78 Å². The van der Waals surface area contributed by atoms with Gasteiger partial charge in [-0.05, 0) is 31.2 Å². The fourth-order valence-corrected chi connectivity index (χ4v) is 1.65. The molecule has 1 aromatic carbocycles. The molecular formula is C13H15F2N3. The summed E-state index contributed by atoms with van der Waals surface area (Å²) < 4.78 is 28.5. The third-order valence-corrected chi connectivity index (χ3v) is 2.68. The molecule has 5 heteroatoms. The van der Waals surface area contributed by atoms with Crippen LogP contribution in [0.5, 0.6) is 0 Å². The molecule has 0 saturated carbocycles. The second kappa shape index (κ2) is 5.27. The lowest BCUT2D eigenvalue weighted by Crippen LogP contribution is -2.12. The molecule has 0 bridgehead atoms. The zero-order chi connectivity index (χ0) is 13.1. The molecule has 0 aliphatic heterocycles. The Hall–Kier alpha value is -1.75. The van der Waals surface area contributed by atoms with Crippen LogP contribution in [-0.2, 0) is 6.54 Å². The minimum atomic E-state index is -0.480. The largest absolute Gasteiger partial charge is 0.311 e. The molecule has 96 valence electrons. The van der Waals surface area contributed by atoms with Crippen LogP contribution in [0.15, 0.2) is 24.4 Å². The second-order valence-corrected chi connectivity index (χ2v) is 4.08. The first kappa shape index (κ1) is 12.7. The normalized spacial score (nSPS) is 10.9. The SMILES string of the molecule is CCNCc1ccn(-c2cc(F)c(C)cc2F)n1. The Balaban J connectivity index is 2.31. The molecule has 18 heavy (non-hydrogen) atoms. The van der Waals surface area contributed by atoms with Crippen molar-refractivity contribution >= 4 is 0 Å². The van der Waals surface area contributed by atoms with Crippen molar-refractivity contribution in [2.45, 2.75) is 20.4 Å². The van der Waals surface area contributed by atoms with E-state index < -0.39 is 11.6 Å². The average Bonchev–Trinajstić information content (AvgIpc) is 2.79. The van der Waals surface area contributed by atoms with Gasteiger partial charge in [0, 0.05) is 18.8 Å². The van der Waals surface area contributed by atoms with Gasteiger partial charge in [-0.3, -0.25) is 0 Å². The summed E-state index contributed by atoms with van der Waals surface area (Å²) in [5.74, 6) is -0.915. The van der Waals surface area contributed by atoms with Gasteiger partial charge in [0.25, 0.3) is 0 Å². The van der Waals surface area contributed by atoms with Gasteiger partial charge in [-0.25, -0.2) is 13.5 Å². The van der Waals surface area contributed by atoms with E-state index in [0.717, 1.165) is 18.3 Å². The van der Waals surface area contributed by atoms with Gasteiger partial charge in [0.2, 0.25) is 0 Å². The summed E-state index contributed by atoms with van der Waals surface area (Å²) in [5.41, 5.74) is 1.20. The number of benzene rings is 1. The Morgan fingerprint density at radius 2 is 2.06 bits per heavy atom. The van der Waals surface area contributed by atoms with E-state index in [2.05, 4.69) is 10.4 Å². The first-order chi connectivity index (χ1) is 8.61. The summed E-state index contributed by atoms with van der Waals surface area (Å²) in [6.07, 6.45) is 1.62. The van der Waals surface area contributed by atoms with Gasteiger partial charge in [-0.15, -0.1) is 0 Å². The molecule has 0 atom stereocenters. The molecule has 0 spiro atoms. The van der Waals surface area contributed by atoms with E-state index >= 15 is 0 Å². The van der Waals surface area contributed by atoms with Crippen molar-refractivity contribution in [2.75, 3.05) is 6.54 Å². The number of aryl methyl sites for hydroxylation is 1. The number of hydrogen-bond donors (Lipinski definition) is 1. The number of hydrogen-bond acceptors (Lipinski definition) is 2. The quantitative estimate of drug-likeness (QED) is 0.905. The zero-order valence-corrected chi connectivity index (χ0v) is 10.4. The average molecular weight is 251 g/mol. The van der Waals surface area contributed by atoms with Crippen molar-refractivity contribution < 1.29 is 8.78 Å². The third kappa shape index (κ3) is 2.56. The first-order valence-corrected chi connectivity index (χ1v) is 5.83. The fourth-order valence-electron chi connectivity index (χ4n) is 1.65. The van der Waals surface area contributed by atoms with Crippen molar-refractivity contribution in [1.29, 1.82) is 0 Å². The van der Waals surface area contributed by atoms with E-state index in [1.807, 2.05) is 6.92 Å². The molecule has 1 aromatic heterocycles. The van der Waals surface area contributed by atoms with E-state index in [1.165, 1.54) is 17.7 Å². The minimum absolute atomic E-state index is 0.126. The Kier molecular flexibility index (Phi) is 3.72. The minimum Gasteiger partial charge on any atom is -0.311 e. The molecule has 0 saturated heterocycles. The topological polar surface area (TPSA) is 29.9 Å². The molecule has 3 nitrogen and oxygen atoms in total. The maximum absolute atomic E-state index is 13.7. The molecule has 0 fully saturated rings. The number of aromatic nitrogens is 2. The van der Waals surface area contributed by atoms with Gasteiger partial charge in [0.05, 0.1) is 5.69 Å². The van der Waals surface area contributed by atoms with Gasteiger partial charge in [0.1, 0.15) is 17.3 Å². The molecule has 1 heterocycles. The molecule has 0 radical (unpaired) electrons. The summed E-state index contributed by atoms with van der Waals surface area (Å²) in [4.78, 5) is 0. The van der Waals surface area contributed by atoms with Gasteiger partial charge < -0.3 is 5.32 Å². The number of halogens is 2. The van der Waals surface area contributed by atoms with E-state index in [0.29, 0.717) is 6.54 Å². The van der Waals surface area contributed by atoms with E-state index in [4.69, 9.17) is 0 Å². The van der Waals surface area contributed by atoms with Crippen LogP contribution in [0.3, 0.4) is 0 Å². The van der Waals surface area contributed by atoms with Crippen LogP contribution in [0, 0.1) is 18.6 Å². The number of nitrogens with zero attached hydrogens (tertiary/aromatic N) is 2. The summed E-state index contributed by atoms with van der Waals surface area (Å²) >= 11 is 0. The maximum atomic E-state index is 13.7. The molecule has 2 rings (SSSR count). The summed E-state index contributed by atoms with van der Waals surface area (Å²) in [7, 11) is 0. The van der Waals surface area contributed by atoms with Crippen molar-refractivity contribution in [1.82, 2.24) is 15.1 Å². The Morgan fingerprint density at radius 1 is 1.28 bits per heavy atom. The van der Waals surface area contributed by atoms with Gasteiger partial charge in [0.15, 0.2) is 0 Å². The lowest BCUT2D eigenvalue weighted by molar-refractivity contribution is 0.578. The summed E-state index contributed by atoms with van der Waals surface area (Å²) in [5, 5.41) is 7.32. The molecule has 0 amide bonds. The smallest absolute Gasteiger partial charge is 0.149 e. The highest BCUT2D eigenvalue weighted by Crippen LogP contribution is 2.17. The predicted molar refractivity (Wildman–Crippen MR) is 65.6 cm³/mol. The highest BCUT2D eigenvalue weighted by atomic mass is 19.1. The van der Waals surface area contributed by atoms with E-state index in [-0.39, 0.29) is 11.3 Å². The molecular weight excluding hydrogens is 236 g/mol. The highest BCUT2D eigenvalue weighted by Gasteiger charge is 2.10. The van der Waals surface area contributed by atoms with Gasteiger partial charge in [-0.2, -0.15) is 5.10 Å². The summed E-state index contributed by atoms with van der Waals surface area (Å²) in [6.45, 7) is 4.97. The first-order valence-electron chi connectivity index (χ1n) is 5.83. The van der Waals surface area contributed by atoms with Crippen LogP contribution < -0.4 is 5.32 Å². The zero-order valence-electron chi connectivity index (χ0n) is 10.4. The van der Waals surface area contributed by atoms with Crippen molar-refractivity contribution in [3.05, 3.63) is 47.3 Å². The third-order valence-electron chi connectivity index (χ3n) is 2.68. The van der Waals surface area contributed by atoms with Gasteiger partial charge >= 0.3 is 0 Å².